The van der Waals surface area contributed by atoms with E-state index in [0.717, 1.165) is 51.4 Å². The number of esters is 2. The fourth-order valence-corrected chi connectivity index (χ4v) is 6.02. The molecule has 0 aliphatic rings. The summed E-state index contributed by atoms with van der Waals surface area (Å²) in [6, 6.07) is 0. The predicted octanol–water partition coefficient (Wildman–Crippen LogP) is 8.71. The maximum absolute atomic E-state index is 12.1. The van der Waals surface area contributed by atoms with E-state index >= 15 is 0 Å². The fraction of sp³-hybridized carbons (Fsp3) is 0.511. The van der Waals surface area contributed by atoms with Crippen LogP contribution in [0, 0.1) is 0 Å². The van der Waals surface area contributed by atoms with Gasteiger partial charge in [0.15, 0.2) is 0 Å². The molecule has 5 atom stereocenters. The van der Waals surface area contributed by atoms with Gasteiger partial charge in [-0.15, -0.1) is 0 Å². The highest BCUT2D eigenvalue weighted by atomic mass is 31.2. The first-order chi connectivity index (χ1) is 29.8. The quantitative estimate of drug-likeness (QED) is 0.0169. The smallest absolute Gasteiger partial charge is 0.463 e. The first kappa shape index (κ1) is 58.4. The lowest BCUT2D eigenvalue weighted by molar-refractivity contribution is -0.148. The number of aliphatic hydroxyl groups excluding tert-OH is 3. The number of hydrogen-bond acceptors (Lipinski definition) is 13. The van der Waals surface area contributed by atoms with Crippen LogP contribution >= 0.6 is 15.6 Å². The summed E-state index contributed by atoms with van der Waals surface area (Å²) in [7, 11) is -9.61. The molecular weight excluding hydrogens is 842 g/mol. The summed E-state index contributed by atoms with van der Waals surface area (Å²) < 4.78 is 52.7. The summed E-state index contributed by atoms with van der Waals surface area (Å²) >= 11 is 0. The monoisotopic (exact) mass is 912 g/mol. The molecule has 0 spiro atoms. The number of rotatable bonds is 38. The van der Waals surface area contributed by atoms with Crippen molar-refractivity contribution in [2.45, 2.75) is 109 Å². The van der Waals surface area contributed by atoms with Gasteiger partial charge in [-0.2, -0.15) is 0 Å². The molecule has 0 aliphatic carbocycles. The van der Waals surface area contributed by atoms with Crippen LogP contribution in [-0.4, -0.2) is 95.0 Å². The molecule has 0 aromatic rings. The highest BCUT2D eigenvalue weighted by Crippen LogP contribution is 2.45. The van der Waals surface area contributed by atoms with Crippen LogP contribution in [0.2, 0.25) is 0 Å². The molecule has 0 bridgehead atoms. The molecule has 5 unspecified atom stereocenters. The van der Waals surface area contributed by atoms with E-state index in [1.165, 1.54) is 0 Å². The molecule has 0 radical (unpaired) electrons. The Morgan fingerprint density at radius 2 is 0.694 bits per heavy atom. The summed E-state index contributed by atoms with van der Waals surface area (Å²) in [6.45, 7) is -0.0409. The van der Waals surface area contributed by atoms with Crippen LogP contribution in [0.25, 0.3) is 0 Å². The summed E-state index contributed by atoms with van der Waals surface area (Å²) in [5.41, 5.74) is 0. The van der Waals surface area contributed by atoms with Crippen LogP contribution in [0.15, 0.2) is 122 Å². The number of carbonyl (C=O) groups is 2. The lowest BCUT2D eigenvalue weighted by Crippen LogP contribution is -2.25. The molecule has 350 valence electrons. The van der Waals surface area contributed by atoms with E-state index in [2.05, 4.69) is 44.1 Å². The first-order valence-corrected chi connectivity index (χ1v) is 24.0. The third kappa shape index (κ3) is 41.8. The molecule has 0 aromatic heterocycles. The van der Waals surface area contributed by atoms with Gasteiger partial charge in [-0.1, -0.05) is 148 Å². The number of phosphoric ester groups is 2. The maximum atomic E-state index is 12.1. The van der Waals surface area contributed by atoms with Crippen molar-refractivity contribution in [3.8, 4) is 0 Å². The molecule has 0 rings (SSSR count). The van der Waals surface area contributed by atoms with E-state index in [-0.39, 0.29) is 12.8 Å². The van der Waals surface area contributed by atoms with Gasteiger partial charge in [0.2, 0.25) is 0 Å². The summed E-state index contributed by atoms with van der Waals surface area (Å²) in [5, 5.41) is 29.9. The molecule has 0 fully saturated rings. The van der Waals surface area contributed by atoms with Gasteiger partial charge >= 0.3 is 27.6 Å². The second-order valence-corrected chi connectivity index (χ2v) is 16.4. The Labute approximate surface area is 368 Å². The molecule has 15 nitrogen and oxygen atoms in total. The van der Waals surface area contributed by atoms with E-state index in [0.29, 0.717) is 12.8 Å². The van der Waals surface area contributed by atoms with Crippen LogP contribution in [0.3, 0.4) is 0 Å². The molecule has 0 saturated carbocycles. The minimum atomic E-state index is -4.80. The average molecular weight is 913 g/mol. The van der Waals surface area contributed by atoms with Crippen molar-refractivity contribution in [1.82, 2.24) is 0 Å². The maximum Gasteiger partial charge on any atom is 0.472 e. The van der Waals surface area contributed by atoms with E-state index in [9.17, 15) is 43.8 Å². The van der Waals surface area contributed by atoms with E-state index < -0.39 is 85.5 Å². The number of ether oxygens (including phenoxy) is 2. The van der Waals surface area contributed by atoms with Crippen LogP contribution in [0.5, 0.6) is 0 Å². The Kier molecular flexibility index (Phi) is 37.9. The number of allylic oxidation sites excluding steroid dienone is 20. The standard InChI is InChI=1S/C45H70O15P2/c1-3-5-7-9-11-13-15-17-18-19-20-22-24-26-28-30-32-34-45(50)56-36-42(47)38-58-62(53,54)60-40-43(48)39-59-61(51,52)57-37-41(46)35-55-44(49)33-31-29-27-25-23-21-16-14-12-10-8-6-4-2/h5-24,41-43,46-48H,3-4,25-40H2,1-2H3,(H,51,52)(H,53,54)/b7-5-,8-6+,11-9+,12-10+,15-13+,16-14-,18-17-,20-19+,23-21-,24-22+. The van der Waals surface area contributed by atoms with Crippen LogP contribution in [0.4, 0.5) is 0 Å². The highest BCUT2D eigenvalue weighted by Gasteiger charge is 2.28. The van der Waals surface area contributed by atoms with Gasteiger partial charge in [0.25, 0.3) is 0 Å². The molecule has 62 heavy (non-hydrogen) atoms. The van der Waals surface area contributed by atoms with Crippen LogP contribution in [-0.2, 0) is 46.3 Å². The molecule has 5 N–H and O–H groups in total. The van der Waals surface area contributed by atoms with Crippen molar-refractivity contribution in [1.29, 1.82) is 0 Å². The van der Waals surface area contributed by atoms with E-state index in [4.69, 9.17) is 9.47 Å². The van der Waals surface area contributed by atoms with Crippen LogP contribution < -0.4 is 0 Å². The summed E-state index contributed by atoms with van der Waals surface area (Å²) in [4.78, 5) is 43.6. The Bertz CT molecular complexity index is 1580. The molecule has 0 amide bonds. The Morgan fingerprint density at radius 3 is 1.00 bits per heavy atom. The zero-order valence-electron chi connectivity index (χ0n) is 36.2. The predicted molar refractivity (Wildman–Crippen MR) is 242 cm³/mol. The summed E-state index contributed by atoms with van der Waals surface area (Å²) in [6.07, 6.45) is 43.4. The van der Waals surface area contributed by atoms with Crippen molar-refractivity contribution in [2.75, 3.05) is 39.6 Å². The number of aliphatic hydroxyl groups is 3. The van der Waals surface area contributed by atoms with Gasteiger partial charge in [-0.05, 0) is 51.4 Å². The van der Waals surface area contributed by atoms with Crippen molar-refractivity contribution in [3.05, 3.63) is 122 Å². The van der Waals surface area contributed by atoms with Gasteiger partial charge in [-0.3, -0.25) is 27.7 Å². The van der Waals surface area contributed by atoms with Gasteiger partial charge in [-0.25, -0.2) is 9.13 Å². The van der Waals surface area contributed by atoms with Gasteiger partial charge in [0.05, 0.1) is 26.4 Å². The van der Waals surface area contributed by atoms with Crippen molar-refractivity contribution in [2.24, 2.45) is 0 Å². The van der Waals surface area contributed by atoms with Gasteiger partial charge in [0.1, 0.15) is 31.5 Å². The van der Waals surface area contributed by atoms with E-state index in [1.807, 2.05) is 109 Å². The van der Waals surface area contributed by atoms with E-state index in [1.54, 1.807) is 0 Å². The number of hydrogen-bond donors (Lipinski definition) is 5. The zero-order valence-corrected chi connectivity index (χ0v) is 38.0. The van der Waals surface area contributed by atoms with Crippen molar-refractivity contribution >= 4 is 27.6 Å². The minimum absolute atomic E-state index is 0.137. The molecule has 0 aromatic carbocycles. The fourth-order valence-electron chi connectivity index (χ4n) is 4.43. The lowest BCUT2D eigenvalue weighted by atomic mass is 10.1. The largest absolute Gasteiger partial charge is 0.472 e. The minimum Gasteiger partial charge on any atom is -0.463 e. The second kappa shape index (κ2) is 40.2. The van der Waals surface area contributed by atoms with Gasteiger partial charge < -0.3 is 34.6 Å². The number of phosphoric acid groups is 2. The summed E-state index contributed by atoms with van der Waals surface area (Å²) in [5.74, 6) is -1.09. The topological polar surface area (TPSA) is 225 Å². The third-order valence-electron chi connectivity index (χ3n) is 7.67. The van der Waals surface area contributed by atoms with Gasteiger partial charge in [0, 0.05) is 12.8 Å². The van der Waals surface area contributed by atoms with Crippen molar-refractivity contribution in [3.63, 3.8) is 0 Å². The molecule has 0 heterocycles. The molecule has 0 aliphatic heterocycles. The second-order valence-electron chi connectivity index (χ2n) is 13.5. The van der Waals surface area contributed by atoms with Crippen molar-refractivity contribution < 1.29 is 71.4 Å². The third-order valence-corrected chi connectivity index (χ3v) is 9.57. The number of unbranched alkanes of at least 4 members (excludes halogenated alkanes) is 6. The molecular formula is C45H70O15P2. The molecule has 0 saturated heterocycles. The Balaban J connectivity index is 4.06. The SMILES string of the molecule is CC\C=C/C=C/C=C/C=C\C=C\C=C\CCCCCC(=O)OCC(O)COP(=O)(O)OCC(O)COP(=O)(O)OCC(O)COC(=O)CCCCC\C=C/C=C\C=C\C=C\CC. The number of carbonyl (C=O) groups excluding carboxylic acids is 2. The Hall–Kier alpha value is -3.56. The van der Waals surface area contributed by atoms with Crippen LogP contribution in [0.1, 0.15) is 90.9 Å². The lowest BCUT2D eigenvalue weighted by Gasteiger charge is -2.19. The Morgan fingerprint density at radius 1 is 0.419 bits per heavy atom. The first-order valence-electron chi connectivity index (χ1n) is 21.0. The zero-order chi connectivity index (χ0) is 46.0. The molecule has 17 heteroatoms. The average Bonchev–Trinajstić information content (AvgIpc) is 3.24. The highest BCUT2D eigenvalue weighted by molar-refractivity contribution is 7.47. The normalized spacial score (nSPS) is 16.4.